The van der Waals surface area contributed by atoms with Crippen molar-refractivity contribution in [2.45, 2.75) is 51.9 Å². The molecule has 1 N–H and O–H groups in total. The number of hydrogen-bond donors (Lipinski definition) is 1. The molecule has 1 fully saturated rings. The quantitative estimate of drug-likeness (QED) is 0.862. The molecule has 122 valence electrons. The van der Waals surface area contributed by atoms with Gasteiger partial charge in [0.05, 0.1) is 6.61 Å². The van der Waals surface area contributed by atoms with Crippen LogP contribution in [0.25, 0.3) is 0 Å². The van der Waals surface area contributed by atoms with Gasteiger partial charge in [-0.25, -0.2) is 9.59 Å². The molecule has 0 spiro atoms. The first kappa shape index (κ1) is 17.6. The third-order valence-corrected chi connectivity index (χ3v) is 3.26. The minimum atomic E-state index is -2.92. The molecule has 0 aromatic carbocycles. The Bertz CT molecular complexity index is 410. The number of halogens is 2. The topological polar surface area (TPSA) is 76.1 Å². The van der Waals surface area contributed by atoms with Crippen LogP contribution in [0, 0.1) is 5.92 Å². The Morgan fingerprint density at radius 1 is 1.43 bits per heavy atom. The van der Waals surface area contributed by atoms with Crippen LogP contribution in [0.4, 0.5) is 13.6 Å². The molecule has 1 amide bonds. The molecule has 6 nitrogen and oxygen atoms in total. The lowest BCUT2D eigenvalue weighted by Crippen LogP contribution is -2.52. The van der Waals surface area contributed by atoms with Gasteiger partial charge in [-0.3, -0.25) is 4.90 Å². The molecule has 0 aromatic heterocycles. The standard InChI is InChI=1S/C13H21F2NO5/c1-12(2,3)21-11(19)16-6-8(7-20-10(14)15)5-13(16,4)9(17)18/h8,10H,5-7H2,1-4H3,(H,17,18)/t8-,13-/m0/s1. The summed E-state index contributed by atoms with van der Waals surface area (Å²) in [6.07, 6.45) is -0.735. The summed E-state index contributed by atoms with van der Waals surface area (Å²) < 4.78 is 33.5. The Hall–Kier alpha value is -1.44. The second-order valence-electron chi connectivity index (χ2n) is 6.33. The number of carbonyl (C=O) groups is 2. The third-order valence-electron chi connectivity index (χ3n) is 3.26. The van der Waals surface area contributed by atoms with E-state index in [0.29, 0.717) is 0 Å². The van der Waals surface area contributed by atoms with E-state index >= 15 is 0 Å². The Kier molecular flexibility index (Phi) is 5.14. The van der Waals surface area contributed by atoms with Gasteiger partial charge >= 0.3 is 18.7 Å². The van der Waals surface area contributed by atoms with Crippen LogP contribution in [0.1, 0.15) is 34.1 Å². The number of carboxylic acid groups (broad SMARTS) is 1. The molecule has 21 heavy (non-hydrogen) atoms. The van der Waals surface area contributed by atoms with Crippen molar-refractivity contribution in [3.05, 3.63) is 0 Å². The van der Waals surface area contributed by atoms with Crippen LogP contribution < -0.4 is 0 Å². The molecule has 0 aromatic rings. The smallest absolute Gasteiger partial charge is 0.411 e. The highest BCUT2D eigenvalue weighted by Gasteiger charge is 2.51. The van der Waals surface area contributed by atoms with Gasteiger partial charge in [0.25, 0.3) is 0 Å². The number of amides is 1. The first-order chi connectivity index (χ1) is 9.45. The van der Waals surface area contributed by atoms with Crippen LogP contribution in [-0.2, 0) is 14.3 Å². The maximum Gasteiger partial charge on any atom is 0.411 e. The van der Waals surface area contributed by atoms with Crippen molar-refractivity contribution in [1.29, 1.82) is 0 Å². The number of likely N-dealkylation sites (tertiary alicyclic amines) is 1. The molecular weight excluding hydrogens is 288 g/mol. The molecule has 8 heteroatoms. The molecule has 0 radical (unpaired) electrons. The van der Waals surface area contributed by atoms with Gasteiger partial charge in [-0.1, -0.05) is 0 Å². The van der Waals surface area contributed by atoms with Gasteiger partial charge in [-0.15, -0.1) is 0 Å². The summed E-state index contributed by atoms with van der Waals surface area (Å²) >= 11 is 0. The van der Waals surface area contributed by atoms with E-state index in [0.717, 1.165) is 4.90 Å². The molecular formula is C13H21F2NO5. The van der Waals surface area contributed by atoms with Crippen molar-refractivity contribution < 1.29 is 33.0 Å². The summed E-state index contributed by atoms with van der Waals surface area (Å²) in [6.45, 7) is 3.15. The minimum absolute atomic E-state index is 0.00440. The van der Waals surface area contributed by atoms with Crippen LogP contribution in [-0.4, -0.2) is 53.0 Å². The van der Waals surface area contributed by atoms with Crippen molar-refractivity contribution >= 4 is 12.1 Å². The normalized spacial score (nSPS) is 26.2. The van der Waals surface area contributed by atoms with Crippen LogP contribution in [0.15, 0.2) is 0 Å². The van der Waals surface area contributed by atoms with Crippen LogP contribution in [0.3, 0.4) is 0 Å². The fourth-order valence-corrected chi connectivity index (χ4v) is 2.31. The van der Waals surface area contributed by atoms with E-state index in [2.05, 4.69) is 4.74 Å². The minimum Gasteiger partial charge on any atom is -0.480 e. The zero-order chi connectivity index (χ0) is 16.4. The predicted octanol–water partition coefficient (Wildman–Crippen LogP) is 2.33. The SMILES string of the molecule is CC(C)(C)OC(=O)N1C[C@@H](COC(F)F)C[C@@]1(C)C(=O)O. The van der Waals surface area contributed by atoms with E-state index in [1.54, 1.807) is 20.8 Å². The van der Waals surface area contributed by atoms with Gasteiger partial charge in [0.15, 0.2) is 0 Å². The summed E-state index contributed by atoms with van der Waals surface area (Å²) in [4.78, 5) is 24.6. The van der Waals surface area contributed by atoms with Crippen molar-refractivity contribution in [3.63, 3.8) is 0 Å². The summed E-state index contributed by atoms with van der Waals surface area (Å²) in [5, 5.41) is 9.35. The lowest BCUT2D eigenvalue weighted by molar-refractivity contribution is -0.148. The van der Waals surface area contributed by atoms with Crippen LogP contribution in [0.2, 0.25) is 0 Å². The molecule has 0 saturated carbocycles. The Morgan fingerprint density at radius 3 is 2.43 bits per heavy atom. The van der Waals surface area contributed by atoms with Gasteiger partial charge in [-0.05, 0) is 34.1 Å². The average molecular weight is 309 g/mol. The number of hydrogen-bond acceptors (Lipinski definition) is 4. The molecule has 0 aliphatic carbocycles. The third kappa shape index (κ3) is 4.52. The van der Waals surface area contributed by atoms with Gasteiger partial charge in [0, 0.05) is 12.5 Å². The average Bonchev–Trinajstić information content (AvgIpc) is 2.63. The number of carboxylic acids is 1. The van der Waals surface area contributed by atoms with Crippen molar-refractivity contribution in [1.82, 2.24) is 4.90 Å². The highest BCUT2D eigenvalue weighted by molar-refractivity contribution is 5.84. The summed E-state index contributed by atoms with van der Waals surface area (Å²) in [5.74, 6) is -1.68. The van der Waals surface area contributed by atoms with E-state index in [-0.39, 0.29) is 19.6 Å². The monoisotopic (exact) mass is 309 g/mol. The Balaban J connectivity index is 2.84. The number of ether oxygens (including phenoxy) is 2. The Morgan fingerprint density at radius 2 is 2.00 bits per heavy atom. The number of carbonyl (C=O) groups excluding carboxylic acids is 1. The number of nitrogens with zero attached hydrogens (tertiary/aromatic N) is 1. The zero-order valence-electron chi connectivity index (χ0n) is 12.6. The van der Waals surface area contributed by atoms with Crippen molar-refractivity contribution in [3.8, 4) is 0 Å². The first-order valence-electron chi connectivity index (χ1n) is 6.59. The Labute approximate surface area is 122 Å². The zero-order valence-corrected chi connectivity index (χ0v) is 12.6. The fourth-order valence-electron chi connectivity index (χ4n) is 2.31. The van der Waals surface area contributed by atoms with Crippen LogP contribution in [0.5, 0.6) is 0 Å². The lowest BCUT2D eigenvalue weighted by atomic mass is 9.95. The molecule has 0 unspecified atom stereocenters. The van der Waals surface area contributed by atoms with E-state index in [4.69, 9.17) is 4.74 Å². The predicted molar refractivity (Wildman–Crippen MR) is 69.0 cm³/mol. The summed E-state index contributed by atoms with van der Waals surface area (Å²) in [7, 11) is 0. The van der Waals surface area contributed by atoms with E-state index in [1.165, 1.54) is 6.92 Å². The van der Waals surface area contributed by atoms with E-state index in [1.807, 2.05) is 0 Å². The molecule has 1 aliphatic heterocycles. The molecule has 2 atom stereocenters. The van der Waals surface area contributed by atoms with Gasteiger partial charge in [-0.2, -0.15) is 8.78 Å². The second kappa shape index (κ2) is 6.13. The maximum absolute atomic E-state index is 12.1. The van der Waals surface area contributed by atoms with Crippen molar-refractivity contribution in [2.75, 3.05) is 13.2 Å². The molecule has 0 bridgehead atoms. The first-order valence-corrected chi connectivity index (χ1v) is 6.59. The molecule has 1 aliphatic rings. The fraction of sp³-hybridized carbons (Fsp3) is 0.846. The molecule has 1 saturated heterocycles. The van der Waals surface area contributed by atoms with E-state index in [9.17, 15) is 23.5 Å². The van der Waals surface area contributed by atoms with Gasteiger partial charge < -0.3 is 14.6 Å². The van der Waals surface area contributed by atoms with Gasteiger partial charge in [0.1, 0.15) is 11.1 Å². The largest absolute Gasteiger partial charge is 0.480 e. The maximum atomic E-state index is 12.1. The highest BCUT2D eigenvalue weighted by Crippen LogP contribution is 2.35. The summed E-state index contributed by atoms with van der Waals surface area (Å²) in [5.41, 5.74) is -2.26. The highest BCUT2D eigenvalue weighted by atomic mass is 19.3. The summed E-state index contributed by atoms with van der Waals surface area (Å²) in [6, 6.07) is 0. The number of aliphatic carboxylic acids is 1. The van der Waals surface area contributed by atoms with Crippen LogP contribution >= 0.6 is 0 Å². The van der Waals surface area contributed by atoms with Crippen molar-refractivity contribution in [2.24, 2.45) is 5.92 Å². The number of alkyl halides is 2. The number of rotatable bonds is 4. The second-order valence-corrected chi connectivity index (χ2v) is 6.33. The van der Waals surface area contributed by atoms with E-state index < -0.39 is 35.7 Å². The molecule has 1 rings (SSSR count). The van der Waals surface area contributed by atoms with Gasteiger partial charge in [0.2, 0.25) is 0 Å². The lowest BCUT2D eigenvalue weighted by Gasteiger charge is -2.32. The molecule has 1 heterocycles.